The molecule has 0 spiro atoms. The van der Waals surface area contributed by atoms with Crippen LogP contribution in [0.2, 0.25) is 0 Å². The molecule has 5 heteroatoms. The fraction of sp³-hybridized carbons (Fsp3) is 0.375. The Balaban J connectivity index is 1.99. The highest BCUT2D eigenvalue weighted by Crippen LogP contribution is 2.26. The molecule has 4 nitrogen and oxygen atoms in total. The molecule has 0 N–H and O–H groups in total. The number of hydrogen-bond donors (Lipinski definition) is 0. The Labute approximate surface area is 128 Å². The predicted octanol–water partition coefficient (Wildman–Crippen LogP) is 3.54. The number of aryl methyl sites for hydroxylation is 1. The molecule has 0 amide bonds. The van der Waals surface area contributed by atoms with Crippen molar-refractivity contribution in [1.82, 2.24) is 4.98 Å². The quantitative estimate of drug-likeness (QED) is 0.734. The molecule has 1 heterocycles. The Bertz CT molecular complexity index is 622. The van der Waals surface area contributed by atoms with Crippen molar-refractivity contribution in [2.24, 2.45) is 0 Å². The van der Waals surface area contributed by atoms with Crippen LogP contribution in [0.25, 0.3) is 0 Å². The summed E-state index contributed by atoms with van der Waals surface area (Å²) in [7, 11) is 1.62. The first kappa shape index (κ1) is 15.5. The van der Waals surface area contributed by atoms with E-state index in [-0.39, 0.29) is 5.78 Å². The summed E-state index contributed by atoms with van der Waals surface area (Å²) in [5.74, 6) is 1.52. The van der Waals surface area contributed by atoms with Gasteiger partial charge in [-0.3, -0.25) is 4.79 Å². The van der Waals surface area contributed by atoms with Crippen LogP contribution >= 0.6 is 11.3 Å². The lowest BCUT2D eigenvalue weighted by molar-refractivity contribution is 0.102. The number of ketones is 1. The maximum absolute atomic E-state index is 11.5. The highest BCUT2D eigenvalue weighted by Gasteiger charge is 2.13. The van der Waals surface area contributed by atoms with Crippen molar-refractivity contribution in [3.63, 3.8) is 0 Å². The fourth-order valence-corrected chi connectivity index (χ4v) is 3.04. The molecule has 0 saturated carbocycles. The van der Waals surface area contributed by atoms with E-state index in [0.717, 1.165) is 33.5 Å². The fourth-order valence-electron chi connectivity index (χ4n) is 2.01. The first-order valence-corrected chi connectivity index (χ1v) is 7.72. The standard InChI is InChI=1S/C16H19NO3S/c1-4-12-16(11(2)18)21-15(17-12)9-10-20-14-8-6-5-7-13(14)19-3/h5-8H,4,9-10H2,1-3H3. The van der Waals surface area contributed by atoms with Crippen LogP contribution in [-0.2, 0) is 12.8 Å². The molecular weight excluding hydrogens is 286 g/mol. The molecule has 1 aromatic carbocycles. The van der Waals surface area contributed by atoms with E-state index in [4.69, 9.17) is 9.47 Å². The lowest BCUT2D eigenvalue weighted by atomic mass is 10.2. The summed E-state index contributed by atoms with van der Waals surface area (Å²) in [5.41, 5.74) is 0.889. The average molecular weight is 305 g/mol. The first-order valence-electron chi connectivity index (χ1n) is 6.91. The van der Waals surface area contributed by atoms with Crippen LogP contribution in [0.5, 0.6) is 11.5 Å². The van der Waals surface area contributed by atoms with Gasteiger partial charge >= 0.3 is 0 Å². The van der Waals surface area contributed by atoms with E-state index >= 15 is 0 Å². The summed E-state index contributed by atoms with van der Waals surface area (Å²) in [6.07, 6.45) is 1.46. The van der Waals surface area contributed by atoms with Crippen molar-refractivity contribution in [2.45, 2.75) is 26.7 Å². The van der Waals surface area contributed by atoms with Crippen molar-refractivity contribution < 1.29 is 14.3 Å². The number of rotatable bonds is 7. The number of ether oxygens (including phenoxy) is 2. The maximum Gasteiger partial charge on any atom is 0.171 e. The van der Waals surface area contributed by atoms with E-state index in [1.165, 1.54) is 11.3 Å². The zero-order valence-electron chi connectivity index (χ0n) is 12.5. The van der Waals surface area contributed by atoms with Gasteiger partial charge in [0.2, 0.25) is 0 Å². The molecule has 21 heavy (non-hydrogen) atoms. The van der Waals surface area contributed by atoms with Crippen molar-refractivity contribution in [1.29, 1.82) is 0 Å². The number of thiazole rings is 1. The summed E-state index contributed by atoms with van der Waals surface area (Å²) in [4.78, 5) is 16.8. The van der Waals surface area contributed by atoms with Gasteiger partial charge in [-0.25, -0.2) is 4.98 Å². The Morgan fingerprint density at radius 1 is 1.29 bits per heavy atom. The van der Waals surface area contributed by atoms with Crippen LogP contribution in [0.4, 0.5) is 0 Å². The molecule has 0 saturated heterocycles. The smallest absolute Gasteiger partial charge is 0.171 e. The second-order valence-electron chi connectivity index (χ2n) is 4.54. The minimum Gasteiger partial charge on any atom is -0.493 e. The Kier molecular flexibility index (Phi) is 5.33. The third-order valence-corrected chi connectivity index (χ3v) is 4.30. The van der Waals surface area contributed by atoms with Gasteiger partial charge in [-0.1, -0.05) is 19.1 Å². The molecule has 0 aliphatic carbocycles. The minimum atomic E-state index is 0.0845. The lowest BCUT2D eigenvalue weighted by Crippen LogP contribution is -2.02. The van der Waals surface area contributed by atoms with Crippen LogP contribution in [0.3, 0.4) is 0 Å². The molecule has 0 aliphatic heterocycles. The van der Waals surface area contributed by atoms with Gasteiger partial charge in [-0.05, 0) is 18.6 Å². The van der Waals surface area contributed by atoms with Crippen molar-refractivity contribution in [3.8, 4) is 11.5 Å². The third kappa shape index (κ3) is 3.82. The van der Waals surface area contributed by atoms with Crippen molar-refractivity contribution >= 4 is 17.1 Å². The molecule has 0 radical (unpaired) electrons. The number of para-hydroxylation sites is 2. The second-order valence-corrected chi connectivity index (χ2v) is 5.63. The molecular formula is C16H19NO3S. The highest BCUT2D eigenvalue weighted by molar-refractivity contribution is 7.13. The largest absolute Gasteiger partial charge is 0.493 e. The summed E-state index contributed by atoms with van der Waals surface area (Å²) in [5, 5.41) is 0.937. The molecule has 0 atom stereocenters. The van der Waals surface area contributed by atoms with Gasteiger partial charge in [-0.2, -0.15) is 0 Å². The third-order valence-electron chi connectivity index (χ3n) is 3.04. The van der Waals surface area contributed by atoms with Crippen LogP contribution < -0.4 is 9.47 Å². The van der Waals surface area contributed by atoms with E-state index in [9.17, 15) is 4.79 Å². The number of Topliss-reactive ketones (excluding diaryl/α,β-unsaturated/α-hetero) is 1. The van der Waals surface area contributed by atoms with Gasteiger partial charge in [0, 0.05) is 13.3 Å². The van der Waals surface area contributed by atoms with E-state index in [1.807, 2.05) is 31.2 Å². The molecule has 0 bridgehead atoms. The van der Waals surface area contributed by atoms with E-state index in [2.05, 4.69) is 4.98 Å². The molecule has 0 fully saturated rings. The van der Waals surface area contributed by atoms with Crippen LogP contribution in [0.15, 0.2) is 24.3 Å². The Morgan fingerprint density at radius 2 is 2.00 bits per heavy atom. The van der Waals surface area contributed by atoms with Gasteiger partial charge in [0.1, 0.15) is 0 Å². The molecule has 1 aromatic heterocycles. The number of nitrogens with zero attached hydrogens (tertiary/aromatic N) is 1. The van der Waals surface area contributed by atoms with Gasteiger partial charge < -0.3 is 9.47 Å². The Morgan fingerprint density at radius 3 is 2.57 bits per heavy atom. The number of hydrogen-bond acceptors (Lipinski definition) is 5. The summed E-state index contributed by atoms with van der Waals surface area (Å²) in [6.45, 7) is 4.10. The van der Waals surface area contributed by atoms with Crippen molar-refractivity contribution in [2.75, 3.05) is 13.7 Å². The van der Waals surface area contributed by atoms with Crippen molar-refractivity contribution in [3.05, 3.63) is 39.8 Å². The normalized spacial score (nSPS) is 10.4. The Hall–Kier alpha value is -1.88. The highest BCUT2D eigenvalue weighted by atomic mass is 32.1. The summed E-state index contributed by atoms with van der Waals surface area (Å²) < 4.78 is 11.0. The number of carbonyl (C=O) groups excluding carboxylic acids is 1. The van der Waals surface area contributed by atoms with Gasteiger partial charge in [0.25, 0.3) is 0 Å². The maximum atomic E-state index is 11.5. The number of aromatic nitrogens is 1. The zero-order chi connectivity index (χ0) is 15.2. The molecule has 2 aromatic rings. The van der Waals surface area contributed by atoms with Crippen LogP contribution in [0.1, 0.15) is 34.2 Å². The van der Waals surface area contributed by atoms with Gasteiger partial charge in [0.15, 0.2) is 17.3 Å². The van der Waals surface area contributed by atoms with Gasteiger partial charge in [-0.15, -0.1) is 11.3 Å². The second kappa shape index (κ2) is 7.22. The number of methoxy groups -OCH3 is 1. The molecule has 2 rings (SSSR count). The average Bonchev–Trinajstić information content (AvgIpc) is 2.91. The van der Waals surface area contributed by atoms with E-state index in [1.54, 1.807) is 14.0 Å². The zero-order valence-corrected chi connectivity index (χ0v) is 13.3. The minimum absolute atomic E-state index is 0.0845. The summed E-state index contributed by atoms with van der Waals surface area (Å²) >= 11 is 1.47. The predicted molar refractivity (Wildman–Crippen MR) is 83.7 cm³/mol. The SMILES string of the molecule is CCc1nc(CCOc2ccccc2OC)sc1C(C)=O. The van der Waals surface area contributed by atoms with Gasteiger partial charge in [0.05, 0.1) is 29.3 Å². The van der Waals surface area contributed by atoms with Crippen LogP contribution in [-0.4, -0.2) is 24.5 Å². The molecule has 0 unspecified atom stereocenters. The topological polar surface area (TPSA) is 48.4 Å². The number of benzene rings is 1. The molecule has 112 valence electrons. The van der Waals surface area contributed by atoms with E-state index in [0.29, 0.717) is 13.0 Å². The van der Waals surface area contributed by atoms with E-state index < -0.39 is 0 Å². The van der Waals surface area contributed by atoms with Crippen LogP contribution in [0, 0.1) is 0 Å². The first-order chi connectivity index (χ1) is 10.2. The lowest BCUT2D eigenvalue weighted by Gasteiger charge is -2.09. The number of carbonyl (C=O) groups is 1. The summed E-state index contributed by atoms with van der Waals surface area (Å²) in [6, 6.07) is 7.55. The monoisotopic (exact) mass is 305 g/mol. The molecule has 0 aliphatic rings.